The van der Waals surface area contributed by atoms with E-state index < -0.39 is 11.7 Å². The fourth-order valence-corrected chi connectivity index (χ4v) is 1.44. The van der Waals surface area contributed by atoms with Crippen LogP contribution in [0, 0.1) is 5.82 Å². The maximum Gasteiger partial charge on any atom is 0.249 e. The van der Waals surface area contributed by atoms with Crippen molar-refractivity contribution in [3.05, 3.63) is 41.2 Å². The molecule has 0 bridgehead atoms. The molecule has 0 aromatic heterocycles. The van der Waals surface area contributed by atoms with E-state index in [1.54, 1.807) is 12.2 Å². The number of rotatable bonds is 5. The van der Waals surface area contributed by atoms with Crippen LogP contribution < -0.4 is 11.1 Å². The second kappa shape index (κ2) is 6.54. The molecule has 5 heteroatoms. The van der Waals surface area contributed by atoms with Gasteiger partial charge in [0.15, 0.2) is 0 Å². The Bertz CT molecular complexity index is 484. The Kier molecular flexibility index (Phi) is 5.05. The van der Waals surface area contributed by atoms with Crippen molar-refractivity contribution in [1.29, 1.82) is 0 Å². The van der Waals surface area contributed by atoms with Gasteiger partial charge in [-0.25, -0.2) is 4.39 Å². The van der Waals surface area contributed by atoms with Gasteiger partial charge in [0.05, 0.1) is 0 Å². The third-order valence-electron chi connectivity index (χ3n) is 2.26. The Morgan fingerprint density at radius 2 is 2.17 bits per heavy atom. The highest BCUT2D eigenvalue weighted by atomic mass is 19.1. The fourth-order valence-electron chi connectivity index (χ4n) is 1.44. The zero-order valence-corrected chi connectivity index (χ0v) is 10.1. The first-order chi connectivity index (χ1) is 8.50. The highest BCUT2D eigenvalue weighted by molar-refractivity contribution is 5.96. The molecule has 1 aromatic carbocycles. The smallest absolute Gasteiger partial charge is 0.249 e. The average Bonchev–Trinajstić information content (AvgIpc) is 2.27. The van der Waals surface area contributed by atoms with Gasteiger partial charge in [-0.1, -0.05) is 12.2 Å². The van der Waals surface area contributed by atoms with Crippen molar-refractivity contribution < 1.29 is 14.0 Å². The van der Waals surface area contributed by atoms with E-state index >= 15 is 0 Å². The fraction of sp³-hybridized carbons (Fsp3) is 0.231. The Hall–Kier alpha value is -2.17. The normalized spacial score (nSPS) is 10.6. The third-order valence-corrected chi connectivity index (χ3v) is 2.26. The van der Waals surface area contributed by atoms with Crippen LogP contribution in [-0.4, -0.2) is 18.4 Å². The zero-order valence-electron chi connectivity index (χ0n) is 10.1. The SMILES string of the molecule is CC(=O)NCCC=Cc1cc(F)ccc1C(N)=O. The molecule has 18 heavy (non-hydrogen) atoms. The van der Waals surface area contributed by atoms with Gasteiger partial charge < -0.3 is 11.1 Å². The van der Waals surface area contributed by atoms with E-state index in [-0.39, 0.29) is 11.5 Å². The van der Waals surface area contributed by atoms with Gasteiger partial charge in [0.1, 0.15) is 5.82 Å². The van der Waals surface area contributed by atoms with Crippen LogP contribution in [0.25, 0.3) is 6.08 Å². The Balaban J connectivity index is 2.70. The first kappa shape index (κ1) is 13.9. The van der Waals surface area contributed by atoms with Crippen LogP contribution in [0.15, 0.2) is 24.3 Å². The first-order valence-corrected chi connectivity index (χ1v) is 5.51. The summed E-state index contributed by atoms with van der Waals surface area (Å²) in [6.07, 6.45) is 3.95. The topological polar surface area (TPSA) is 72.2 Å². The second-order valence-electron chi connectivity index (χ2n) is 3.77. The number of halogens is 1. The summed E-state index contributed by atoms with van der Waals surface area (Å²) >= 11 is 0. The molecule has 0 saturated heterocycles. The van der Waals surface area contributed by atoms with Gasteiger partial charge in [0.25, 0.3) is 0 Å². The lowest BCUT2D eigenvalue weighted by atomic mass is 10.1. The van der Waals surface area contributed by atoms with Crippen LogP contribution in [0.4, 0.5) is 4.39 Å². The summed E-state index contributed by atoms with van der Waals surface area (Å²) in [7, 11) is 0. The second-order valence-corrected chi connectivity index (χ2v) is 3.77. The lowest BCUT2D eigenvalue weighted by molar-refractivity contribution is -0.118. The van der Waals surface area contributed by atoms with Crippen molar-refractivity contribution in [1.82, 2.24) is 5.32 Å². The average molecular weight is 250 g/mol. The van der Waals surface area contributed by atoms with Crippen molar-refractivity contribution in [3.63, 3.8) is 0 Å². The van der Waals surface area contributed by atoms with E-state index in [1.165, 1.54) is 25.1 Å². The highest BCUT2D eigenvalue weighted by Crippen LogP contribution is 2.13. The lowest BCUT2D eigenvalue weighted by Gasteiger charge is -2.02. The number of nitrogens with one attached hydrogen (secondary N) is 1. The van der Waals surface area contributed by atoms with E-state index in [0.29, 0.717) is 18.5 Å². The summed E-state index contributed by atoms with van der Waals surface area (Å²) in [5.74, 6) is -1.13. The van der Waals surface area contributed by atoms with Crippen LogP contribution in [0.3, 0.4) is 0 Å². The van der Waals surface area contributed by atoms with Crippen molar-refractivity contribution in [2.45, 2.75) is 13.3 Å². The van der Waals surface area contributed by atoms with Crippen LogP contribution in [0.1, 0.15) is 29.3 Å². The van der Waals surface area contributed by atoms with E-state index in [2.05, 4.69) is 5.32 Å². The van der Waals surface area contributed by atoms with Gasteiger partial charge in [0, 0.05) is 19.0 Å². The van der Waals surface area contributed by atoms with E-state index in [9.17, 15) is 14.0 Å². The summed E-state index contributed by atoms with van der Waals surface area (Å²) in [6.45, 7) is 1.93. The molecule has 4 nitrogen and oxygen atoms in total. The summed E-state index contributed by atoms with van der Waals surface area (Å²) in [6, 6.07) is 3.79. The summed E-state index contributed by atoms with van der Waals surface area (Å²) in [5.41, 5.74) is 5.89. The largest absolute Gasteiger partial charge is 0.366 e. The molecular weight excluding hydrogens is 235 g/mol. The van der Waals surface area contributed by atoms with Crippen LogP contribution in [0.2, 0.25) is 0 Å². The van der Waals surface area contributed by atoms with Crippen LogP contribution in [-0.2, 0) is 4.79 Å². The van der Waals surface area contributed by atoms with Crippen molar-refractivity contribution in [2.24, 2.45) is 5.73 Å². The molecule has 3 N–H and O–H groups in total. The van der Waals surface area contributed by atoms with Gasteiger partial charge in [0.2, 0.25) is 11.8 Å². The molecule has 0 unspecified atom stereocenters. The van der Waals surface area contributed by atoms with Crippen molar-refractivity contribution in [3.8, 4) is 0 Å². The lowest BCUT2D eigenvalue weighted by Crippen LogP contribution is -2.20. The Morgan fingerprint density at radius 1 is 1.44 bits per heavy atom. The summed E-state index contributed by atoms with van der Waals surface area (Å²) < 4.78 is 13.0. The van der Waals surface area contributed by atoms with Gasteiger partial charge in [-0.15, -0.1) is 0 Å². The highest BCUT2D eigenvalue weighted by Gasteiger charge is 2.06. The van der Waals surface area contributed by atoms with E-state index in [4.69, 9.17) is 5.73 Å². The number of nitrogens with two attached hydrogens (primary N) is 1. The minimum absolute atomic E-state index is 0.105. The molecule has 0 spiro atoms. The molecule has 1 rings (SSSR count). The van der Waals surface area contributed by atoms with Crippen molar-refractivity contribution in [2.75, 3.05) is 6.54 Å². The summed E-state index contributed by atoms with van der Waals surface area (Å²) in [5, 5.41) is 2.62. The number of carbonyl (C=O) groups is 2. The number of hydrogen-bond donors (Lipinski definition) is 2. The predicted molar refractivity (Wildman–Crippen MR) is 67.3 cm³/mol. The molecule has 96 valence electrons. The van der Waals surface area contributed by atoms with Crippen LogP contribution in [0.5, 0.6) is 0 Å². The predicted octanol–water partition coefficient (Wildman–Crippen LogP) is 1.46. The standard InChI is InChI=1S/C13H15FN2O2/c1-9(17)16-7-3-2-4-10-8-11(14)5-6-12(10)13(15)18/h2,4-6,8H,3,7H2,1H3,(H2,15,18)(H,16,17). The Morgan fingerprint density at radius 3 is 2.78 bits per heavy atom. The molecule has 1 aromatic rings. The van der Waals surface area contributed by atoms with Gasteiger partial charge in [-0.3, -0.25) is 9.59 Å². The zero-order chi connectivity index (χ0) is 13.5. The molecule has 0 fully saturated rings. The van der Waals surface area contributed by atoms with Gasteiger partial charge in [-0.05, 0) is 30.2 Å². The molecular formula is C13H15FN2O2. The maximum absolute atomic E-state index is 13.0. The number of hydrogen-bond acceptors (Lipinski definition) is 2. The molecule has 0 saturated carbocycles. The number of amides is 2. The molecule has 2 amide bonds. The molecule has 0 aliphatic carbocycles. The molecule has 0 aliphatic heterocycles. The monoisotopic (exact) mass is 250 g/mol. The third kappa shape index (κ3) is 4.37. The van der Waals surface area contributed by atoms with Crippen LogP contribution >= 0.6 is 0 Å². The first-order valence-electron chi connectivity index (χ1n) is 5.51. The minimum Gasteiger partial charge on any atom is -0.366 e. The molecule has 0 aliphatic rings. The quantitative estimate of drug-likeness (QED) is 0.776. The number of benzene rings is 1. The summed E-state index contributed by atoms with van der Waals surface area (Å²) in [4.78, 5) is 21.7. The van der Waals surface area contributed by atoms with E-state index in [0.717, 1.165) is 0 Å². The molecule has 0 radical (unpaired) electrons. The molecule has 0 atom stereocenters. The van der Waals surface area contributed by atoms with E-state index in [1.807, 2.05) is 0 Å². The van der Waals surface area contributed by atoms with Crippen molar-refractivity contribution >= 4 is 17.9 Å². The Labute approximate surface area is 105 Å². The minimum atomic E-state index is -0.600. The number of carbonyl (C=O) groups excluding carboxylic acids is 2. The maximum atomic E-state index is 13.0. The van der Waals surface area contributed by atoms with Gasteiger partial charge >= 0.3 is 0 Å². The number of primary amides is 1. The van der Waals surface area contributed by atoms with Gasteiger partial charge in [-0.2, -0.15) is 0 Å². The molecule has 0 heterocycles.